The number of para-hydroxylation sites is 1. The molecule has 0 radical (unpaired) electrons. The maximum Gasteiger partial charge on any atom is 0.140 e. The molecule has 0 saturated carbocycles. The van der Waals surface area contributed by atoms with Crippen molar-refractivity contribution in [1.82, 2.24) is 19.7 Å². The number of rotatable bonds is 3. The van der Waals surface area contributed by atoms with Crippen LogP contribution in [-0.2, 0) is 12.1 Å². The van der Waals surface area contributed by atoms with E-state index in [4.69, 9.17) is 9.84 Å². The van der Waals surface area contributed by atoms with Crippen LogP contribution in [0.5, 0.6) is 5.75 Å². The molecule has 1 fully saturated rings. The Kier molecular flexibility index (Phi) is 4.20. The van der Waals surface area contributed by atoms with E-state index in [-0.39, 0.29) is 5.60 Å². The number of fused-ring (bicyclic) bond motifs is 4. The molecule has 1 aromatic carbocycles. The summed E-state index contributed by atoms with van der Waals surface area (Å²) in [5.74, 6) is 0.982. The van der Waals surface area contributed by atoms with Gasteiger partial charge in [0.1, 0.15) is 11.4 Å². The molecule has 5 heteroatoms. The van der Waals surface area contributed by atoms with Crippen LogP contribution in [0.3, 0.4) is 0 Å². The van der Waals surface area contributed by atoms with E-state index in [1.54, 1.807) is 0 Å². The third kappa shape index (κ3) is 2.81. The van der Waals surface area contributed by atoms with Crippen LogP contribution in [0.4, 0.5) is 0 Å². The minimum absolute atomic E-state index is 0.280. The minimum Gasteiger partial charge on any atom is -0.482 e. The summed E-state index contributed by atoms with van der Waals surface area (Å²) in [4.78, 5) is 6.96. The van der Waals surface area contributed by atoms with Crippen molar-refractivity contribution in [2.24, 2.45) is 0 Å². The maximum atomic E-state index is 6.68. The molecule has 5 nitrogen and oxygen atoms in total. The Hall–Kier alpha value is -2.66. The lowest BCUT2D eigenvalue weighted by Crippen LogP contribution is -2.47. The molecule has 0 bridgehead atoms. The van der Waals surface area contributed by atoms with Gasteiger partial charge in [0.25, 0.3) is 0 Å². The first-order valence-corrected chi connectivity index (χ1v) is 10.1. The summed E-state index contributed by atoms with van der Waals surface area (Å²) in [5.41, 5.74) is 4.48. The molecule has 0 aliphatic carbocycles. The van der Waals surface area contributed by atoms with Gasteiger partial charge in [-0.1, -0.05) is 18.2 Å². The van der Waals surface area contributed by atoms with Gasteiger partial charge in [-0.2, -0.15) is 5.10 Å². The molecule has 2 aliphatic heterocycles. The van der Waals surface area contributed by atoms with E-state index in [2.05, 4.69) is 64.8 Å². The summed E-state index contributed by atoms with van der Waals surface area (Å²) in [6, 6.07) is 14.8. The van der Waals surface area contributed by atoms with Gasteiger partial charge in [-0.3, -0.25) is 14.6 Å². The fourth-order valence-electron chi connectivity index (χ4n) is 4.54. The highest BCUT2D eigenvalue weighted by atomic mass is 16.5. The fourth-order valence-corrected chi connectivity index (χ4v) is 4.54. The Balaban J connectivity index is 1.46. The third-order valence-corrected chi connectivity index (χ3v) is 6.00. The number of hydrogen-bond donors (Lipinski definition) is 0. The van der Waals surface area contributed by atoms with Gasteiger partial charge in [0.15, 0.2) is 0 Å². The quantitative estimate of drug-likeness (QED) is 0.681. The van der Waals surface area contributed by atoms with E-state index in [1.165, 1.54) is 11.3 Å². The highest BCUT2D eigenvalue weighted by molar-refractivity contribution is 5.73. The summed E-state index contributed by atoms with van der Waals surface area (Å²) in [6.07, 6.45) is 5.84. The SMILES string of the molecule is CC(C)n1ncc2c1-c1ccccc1OC21CCN(Cc2ccccn2)CC1. The summed E-state index contributed by atoms with van der Waals surface area (Å²) in [5, 5.41) is 4.75. The van der Waals surface area contributed by atoms with Crippen LogP contribution in [0.15, 0.2) is 54.9 Å². The Morgan fingerprint density at radius 3 is 2.61 bits per heavy atom. The number of pyridine rings is 1. The Labute approximate surface area is 166 Å². The number of likely N-dealkylation sites (tertiary alicyclic amines) is 1. The molecule has 0 amide bonds. The highest BCUT2D eigenvalue weighted by Crippen LogP contribution is 2.50. The molecular formula is C23H26N4O. The third-order valence-electron chi connectivity index (χ3n) is 6.00. The number of benzene rings is 1. The van der Waals surface area contributed by atoms with E-state index in [9.17, 15) is 0 Å². The van der Waals surface area contributed by atoms with Crippen molar-refractivity contribution in [2.75, 3.05) is 13.1 Å². The Morgan fingerprint density at radius 1 is 1.07 bits per heavy atom. The molecule has 2 aliphatic rings. The van der Waals surface area contributed by atoms with Gasteiger partial charge >= 0.3 is 0 Å². The van der Waals surface area contributed by atoms with E-state index in [0.29, 0.717) is 6.04 Å². The van der Waals surface area contributed by atoms with Gasteiger partial charge in [-0.05, 0) is 38.1 Å². The second-order valence-electron chi connectivity index (χ2n) is 8.13. The molecule has 1 saturated heterocycles. The molecule has 144 valence electrons. The van der Waals surface area contributed by atoms with Crippen molar-refractivity contribution < 1.29 is 4.74 Å². The zero-order valence-electron chi connectivity index (χ0n) is 16.5. The minimum atomic E-state index is -0.280. The largest absolute Gasteiger partial charge is 0.482 e. The second kappa shape index (κ2) is 6.74. The van der Waals surface area contributed by atoms with E-state index in [0.717, 1.165) is 49.5 Å². The summed E-state index contributed by atoms with van der Waals surface area (Å²) < 4.78 is 8.83. The van der Waals surface area contributed by atoms with Crippen molar-refractivity contribution in [3.63, 3.8) is 0 Å². The van der Waals surface area contributed by atoms with Crippen LogP contribution < -0.4 is 4.74 Å². The van der Waals surface area contributed by atoms with Crippen molar-refractivity contribution in [2.45, 2.75) is 44.9 Å². The van der Waals surface area contributed by atoms with Crippen molar-refractivity contribution in [1.29, 1.82) is 0 Å². The number of hydrogen-bond acceptors (Lipinski definition) is 4. The number of nitrogens with zero attached hydrogens (tertiary/aromatic N) is 4. The highest BCUT2D eigenvalue weighted by Gasteiger charge is 2.45. The molecule has 3 aromatic rings. The first-order chi connectivity index (χ1) is 13.7. The van der Waals surface area contributed by atoms with Gasteiger partial charge in [-0.15, -0.1) is 0 Å². The van der Waals surface area contributed by atoms with Crippen LogP contribution in [0.2, 0.25) is 0 Å². The number of piperidine rings is 1. The predicted octanol–water partition coefficient (Wildman–Crippen LogP) is 4.41. The monoisotopic (exact) mass is 374 g/mol. The van der Waals surface area contributed by atoms with Crippen molar-refractivity contribution >= 4 is 0 Å². The molecule has 2 aromatic heterocycles. The van der Waals surface area contributed by atoms with Crippen LogP contribution in [-0.4, -0.2) is 32.8 Å². The number of ether oxygens (including phenoxy) is 1. The molecule has 1 spiro atoms. The lowest BCUT2D eigenvalue weighted by Gasteiger charge is -2.44. The van der Waals surface area contributed by atoms with Gasteiger partial charge in [0.2, 0.25) is 0 Å². The van der Waals surface area contributed by atoms with Gasteiger partial charge < -0.3 is 4.74 Å². The standard InChI is InChI=1S/C23H26N4O/c1-17(2)27-22-19-8-3-4-9-21(19)28-23(20(22)15-25-27)10-13-26(14-11-23)16-18-7-5-6-12-24-18/h3-9,12,15,17H,10-11,13-14,16H2,1-2H3. The lowest BCUT2D eigenvalue weighted by molar-refractivity contribution is -0.00725. The molecule has 4 heterocycles. The molecule has 0 atom stereocenters. The molecule has 28 heavy (non-hydrogen) atoms. The van der Waals surface area contributed by atoms with Gasteiger partial charge in [-0.25, -0.2) is 0 Å². The predicted molar refractivity (Wildman–Crippen MR) is 109 cm³/mol. The average molecular weight is 374 g/mol. The summed E-state index contributed by atoms with van der Waals surface area (Å²) in [7, 11) is 0. The molecule has 5 rings (SSSR count). The second-order valence-corrected chi connectivity index (χ2v) is 8.13. The van der Waals surface area contributed by atoms with E-state index in [1.807, 2.05) is 18.5 Å². The fraction of sp³-hybridized carbons (Fsp3) is 0.391. The Bertz CT molecular complexity index is 971. The van der Waals surface area contributed by atoms with Crippen LogP contribution in [0.1, 0.15) is 44.0 Å². The van der Waals surface area contributed by atoms with Gasteiger partial charge in [0, 0.05) is 55.8 Å². The molecule has 0 unspecified atom stereocenters. The topological polar surface area (TPSA) is 43.2 Å². The lowest BCUT2D eigenvalue weighted by atomic mass is 9.81. The van der Waals surface area contributed by atoms with Crippen LogP contribution in [0.25, 0.3) is 11.3 Å². The van der Waals surface area contributed by atoms with E-state index < -0.39 is 0 Å². The smallest absolute Gasteiger partial charge is 0.140 e. The van der Waals surface area contributed by atoms with E-state index >= 15 is 0 Å². The normalized spacial score (nSPS) is 18.0. The summed E-state index contributed by atoms with van der Waals surface area (Å²) >= 11 is 0. The summed E-state index contributed by atoms with van der Waals surface area (Å²) in [6.45, 7) is 7.25. The zero-order chi connectivity index (χ0) is 19.1. The maximum absolute atomic E-state index is 6.68. The molecule has 0 N–H and O–H groups in total. The average Bonchev–Trinajstić information content (AvgIpc) is 3.18. The van der Waals surface area contributed by atoms with Gasteiger partial charge in [0.05, 0.1) is 17.6 Å². The molecular weight excluding hydrogens is 348 g/mol. The first-order valence-electron chi connectivity index (χ1n) is 10.1. The van der Waals surface area contributed by atoms with Crippen LogP contribution in [0, 0.1) is 0 Å². The van der Waals surface area contributed by atoms with Crippen molar-refractivity contribution in [3.8, 4) is 17.0 Å². The number of aromatic nitrogens is 3. The Morgan fingerprint density at radius 2 is 1.86 bits per heavy atom. The van der Waals surface area contributed by atoms with Crippen molar-refractivity contribution in [3.05, 3.63) is 66.1 Å². The van der Waals surface area contributed by atoms with Crippen LogP contribution >= 0.6 is 0 Å². The zero-order valence-corrected chi connectivity index (χ0v) is 16.5. The first kappa shape index (κ1) is 17.4.